The quantitative estimate of drug-likeness (QED) is 0.680. The zero-order valence-electron chi connectivity index (χ0n) is 16.7. The fraction of sp³-hybridized carbons (Fsp3) is 0.550. The predicted molar refractivity (Wildman–Crippen MR) is 105 cm³/mol. The van der Waals surface area contributed by atoms with Gasteiger partial charge in [0, 0.05) is 25.8 Å². The Kier molecular flexibility index (Phi) is 6.40. The van der Waals surface area contributed by atoms with Crippen LogP contribution in [0.1, 0.15) is 57.1 Å². The minimum atomic E-state index is -0.0422. The first-order valence-corrected chi connectivity index (χ1v) is 9.30. The van der Waals surface area contributed by atoms with Crippen LogP contribution in [0.25, 0.3) is 5.65 Å². The van der Waals surface area contributed by atoms with Crippen molar-refractivity contribution in [1.82, 2.24) is 14.3 Å². The number of nitrogens with zero attached hydrogens (tertiary/aromatic N) is 4. The number of carbonyl (C=O) groups excluding carboxylic acids is 2. The molecule has 0 saturated heterocycles. The van der Waals surface area contributed by atoms with Crippen LogP contribution in [-0.2, 0) is 11.2 Å². The van der Waals surface area contributed by atoms with Gasteiger partial charge in [0.2, 0.25) is 6.41 Å². The summed E-state index contributed by atoms with van der Waals surface area (Å²) in [6, 6.07) is 3.76. The van der Waals surface area contributed by atoms with E-state index in [-0.39, 0.29) is 11.9 Å². The van der Waals surface area contributed by atoms with Crippen LogP contribution in [0.2, 0.25) is 0 Å². The number of pyridine rings is 1. The molecule has 6 nitrogen and oxygen atoms in total. The van der Waals surface area contributed by atoms with Gasteiger partial charge >= 0.3 is 0 Å². The van der Waals surface area contributed by atoms with E-state index < -0.39 is 0 Å². The van der Waals surface area contributed by atoms with Gasteiger partial charge in [0.25, 0.3) is 5.91 Å². The first-order chi connectivity index (χ1) is 12.3. The summed E-state index contributed by atoms with van der Waals surface area (Å²) >= 11 is 0. The largest absolute Gasteiger partial charge is 0.339 e. The van der Waals surface area contributed by atoms with E-state index in [0.717, 1.165) is 36.4 Å². The van der Waals surface area contributed by atoms with Crippen LogP contribution in [0.3, 0.4) is 0 Å². The minimum absolute atomic E-state index is 0.0422. The standard InChI is InChI=1S/C20H30N4O2/c1-7-17-19(23(13-25)11-10-14(2)3)24-12-16(8-9-18(24)21-17)20(26)22(6)15(4)5/h8-9,12-15H,7,10-11H2,1-6H3. The average molecular weight is 358 g/mol. The molecule has 0 aromatic carbocycles. The van der Waals surface area contributed by atoms with Crippen molar-refractivity contribution in [1.29, 1.82) is 0 Å². The van der Waals surface area contributed by atoms with Gasteiger partial charge in [0.1, 0.15) is 11.5 Å². The number of rotatable bonds is 8. The van der Waals surface area contributed by atoms with Gasteiger partial charge in [-0.15, -0.1) is 0 Å². The minimum Gasteiger partial charge on any atom is -0.339 e. The third kappa shape index (κ3) is 4.06. The van der Waals surface area contributed by atoms with Gasteiger partial charge < -0.3 is 4.90 Å². The number of hydrogen-bond donors (Lipinski definition) is 0. The molecule has 0 N–H and O–H groups in total. The van der Waals surface area contributed by atoms with Gasteiger partial charge in [-0.2, -0.15) is 0 Å². The topological polar surface area (TPSA) is 57.9 Å². The Morgan fingerprint density at radius 2 is 1.96 bits per heavy atom. The van der Waals surface area contributed by atoms with E-state index in [4.69, 9.17) is 0 Å². The summed E-state index contributed by atoms with van der Waals surface area (Å²) in [6.45, 7) is 10.9. The van der Waals surface area contributed by atoms with Gasteiger partial charge in [-0.05, 0) is 44.7 Å². The summed E-state index contributed by atoms with van der Waals surface area (Å²) in [5, 5.41) is 0. The second-order valence-electron chi connectivity index (χ2n) is 7.37. The van der Waals surface area contributed by atoms with Crippen LogP contribution in [0, 0.1) is 5.92 Å². The van der Waals surface area contributed by atoms with Gasteiger partial charge in [-0.25, -0.2) is 4.98 Å². The molecule has 0 radical (unpaired) electrons. The van der Waals surface area contributed by atoms with Crippen molar-refractivity contribution >= 4 is 23.8 Å². The summed E-state index contributed by atoms with van der Waals surface area (Å²) in [5.41, 5.74) is 2.20. The normalized spacial score (nSPS) is 11.4. The number of aryl methyl sites for hydroxylation is 1. The third-order valence-electron chi connectivity index (χ3n) is 4.69. The molecule has 2 amide bonds. The predicted octanol–water partition coefficient (Wildman–Crippen LogP) is 3.39. The van der Waals surface area contributed by atoms with E-state index in [1.54, 1.807) is 29.1 Å². The zero-order valence-corrected chi connectivity index (χ0v) is 16.7. The molecular weight excluding hydrogens is 328 g/mol. The molecular formula is C20H30N4O2. The van der Waals surface area contributed by atoms with Crippen molar-refractivity contribution in [3.8, 4) is 0 Å². The second kappa shape index (κ2) is 8.34. The second-order valence-corrected chi connectivity index (χ2v) is 7.37. The molecule has 0 aliphatic rings. The molecule has 0 atom stereocenters. The van der Waals surface area contributed by atoms with E-state index in [1.807, 2.05) is 31.2 Å². The van der Waals surface area contributed by atoms with Crippen molar-refractivity contribution < 1.29 is 9.59 Å². The maximum absolute atomic E-state index is 12.7. The van der Waals surface area contributed by atoms with Gasteiger partial charge in [-0.3, -0.25) is 18.9 Å². The number of amides is 2. The van der Waals surface area contributed by atoms with Crippen LogP contribution < -0.4 is 4.90 Å². The number of aromatic nitrogens is 2. The zero-order chi connectivity index (χ0) is 19.4. The molecule has 2 aromatic rings. The highest BCUT2D eigenvalue weighted by molar-refractivity contribution is 5.94. The summed E-state index contributed by atoms with van der Waals surface area (Å²) in [4.78, 5) is 32.5. The molecule has 2 rings (SSSR count). The molecule has 0 unspecified atom stereocenters. The number of fused-ring (bicyclic) bond motifs is 1. The number of anilines is 1. The summed E-state index contributed by atoms with van der Waals surface area (Å²) in [7, 11) is 1.80. The van der Waals surface area contributed by atoms with Gasteiger partial charge in [0.05, 0.1) is 11.3 Å². The fourth-order valence-corrected chi connectivity index (χ4v) is 2.79. The van der Waals surface area contributed by atoms with Gasteiger partial charge in [0.15, 0.2) is 0 Å². The molecule has 0 aliphatic carbocycles. The number of carbonyl (C=O) groups is 2. The molecule has 0 bridgehead atoms. The number of imidazole rings is 1. The molecule has 2 aromatic heterocycles. The maximum atomic E-state index is 12.7. The van der Waals surface area contributed by atoms with Crippen LogP contribution in [0.15, 0.2) is 18.3 Å². The van der Waals surface area contributed by atoms with E-state index in [9.17, 15) is 9.59 Å². The van der Waals surface area contributed by atoms with Crippen molar-refractivity contribution in [3.05, 3.63) is 29.6 Å². The lowest BCUT2D eigenvalue weighted by Crippen LogP contribution is -2.33. The molecule has 6 heteroatoms. The lowest BCUT2D eigenvalue weighted by atomic mass is 10.1. The molecule has 2 heterocycles. The summed E-state index contributed by atoms with van der Waals surface area (Å²) in [5.74, 6) is 1.22. The molecule has 0 spiro atoms. The Balaban J connectivity index is 2.52. The molecule has 0 saturated carbocycles. The van der Waals surface area contributed by atoms with Gasteiger partial charge in [-0.1, -0.05) is 20.8 Å². The maximum Gasteiger partial charge on any atom is 0.255 e. The van der Waals surface area contributed by atoms with Crippen molar-refractivity contribution in [2.24, 2.45) is 5.92 Å². The van der Waals surface area contributed by atoms with E-state index >= 15 is 0 Å². The van der Waals surface area contributed by atoms with E-state index in [1.165, 1.54) is 0 Å². The highest BCUT2D eigenvalue weighted by Gasteiger charge is 2.20. The SMILES string of the molecule is CCc1nc2ccc(C(=O)N(C)C(C)C)cn2c1N(C=O)CCC(C)C. The number of hydrogen-bond acceptors (Lipinski definition) is 3. The van der Waals surface area contributed by atoms with Crippen molar-refractivity contribution in [2.45, 2.75) is 53.5 Å². The Morgan fingerprint density at radius 1 is 1.27 bits per heavy atom. The molecule has 26 heavy (non-hydrogen) atoms. The Hall–Kier alpha value is -2.37. The molecule has 0 aliphatic heterocycles. The van der Waals surface area contributed by atoms with Crippen LogP contribution >= 0.6 is 0 Å². The van der Waals surface area contributed by atoms with Crippen molar-refractivity contribution in [3.63, 3.8) is 0 Å². The van der Waals surface area contributed by atoms with E-state index in [2.05, 4.69) is 18.8 Å². The smallest absolute Gasteiger partial charge is 0.255 e. The van der Waals surface area contributed by atoms with Crippen LogP contribution in [-0.4, -0.2) is 46.2 Å². The lowest BCUT2D eigenvalue weighted by molar-refractivity contribution is -0.107. The highest BCUT2D eigenvalue weighted by atomic mass is 16.2. The first kappa shape index (κ1) is 19.9. The van der Waals surface area contributed by atoms with E-state index in [0.29, 0.717) is 18.0 Å². The first-order valence-electron chi connectivity index (χ1n) is 9.30. The third-order valence-corrected chi connectivity index (χ3v) is 4.69. The monoisotopic (exact) mass is 358 g/mol. The molecule has 0 fully saturated rings. The van der Waals surface area contributed by atoms with Crippen LogP contribution in [0.4, 0.5) is 5.82 Å². The fourth-order valence-electron chi connectivity index (χ4n) is 2.79. The Labute approximate surface area is 155 Å². The molecule has 142 valence electrons. The summed E-state index contributed by atoms with van der Waals surface area (Å²) < 4.78 is 1.87. The summed E-state index contributed by atoms with van der Waals surface area (Å²) in [6.07, 6.45) is 4.28. The average Bonchev–Trinajstić information content (AvgIpc) is 2.98. The Bertz CT molecular complexity index is 779. The Morgan fingerprint density at radius 3 is 2.50 bits per heavy atom. The lowest BCUT2D eigenvalue weighted by Gasteiger charge is -2.22. The highest BCUT2D eigenvalue weighted by Crippen LogP contribution is 2.24. The van der Waals surface area contributed by atoms with Crippen LogP contribution in [0.5, 0.6) is 0 Å². The van der Waals surface area contributed by atoms with Crippen molar-refractivity contribution in [2.75, 3.05) is 18.5 Å².